The molecule has 2 N–H and O–H groups in total. The molecule has 0 bridgehead atoms. The van der Waals surface area contributed by atoms with Crippen LogP contribution in [-0.4, -0.2) is 28.7 Å². The van der Waals surface area contributed by atoms with E-state index in [1.54, 1.807) is 0 Å². The third-order valence-electron chi connectivity index (χ3n) is 2.55. The highest BCUT2D eigenvalue weighted by Gasteiger charge is 2.27. The van der Waals surface area contributed by atoms with Gasteiger partial charge in [-0.3, -0.25) is 19.7 Å². The Morgan fingerprint density at radius 1 is 1.61 bits per heavy atom. The lowest BCUT2D eigenvalue weighted by Gasteiger charge is -2.21. The molecule has 96 valence electrons. The summed E-state index contributed by atoms with van der Waals surface area (Å²) < 4.78 is 0. The predicted molar refractivity (Wildman–Crippen MR) is 64.9 cm³/mol. The maximum atomic E-state index is 11.7. The van der Waals surface area contributed by atoms with Gasteiger partial charge in [-0.25, -0.2) is 4.98 Å². The van der Waals surface area contributed by atoms with Gasteiger partial charge in [0.05, 0.1) is 6.42 Å². The number of piperidine rings is 1. The Hall–Kier alpha value is -1.76. The summed E-state index contributed by atoms with van der Waals surface area (Å²) in [6.45, 7) is 1.86. The van der Waals surface area contributed by atoms with E-state index in [0.29, 0.717) is 6.42 Å². The molecule has 0 radical (unpaired) electrons. The molecule has 1 unspecified atom stereocenters. The van der Waals surface area contributed by atoms with E-state index in [1.807, 2.05) is 12.3 Å². The van der Waals surface area contributed by atoms with Gasteiger partial charge < -0.3 is 5.32 Å². The summed E-state index contributed by atoms with van der Waals surface area (Å²) in [5, 5.41) is 7.40. The molecule has 6 nitrogen and oxygen atoms in total. The minimum atomic E-state index is -0.615. The topological polar surface area (TPSA) is 88.2 Å². The molecular weight excluding hydrogens is 254 g/mol. The molecule has 1 atom stereocenters. The van der Waals surface area contributed by atoms with Gasteiger partial charge >= 0.3 is 0 Å². The number of carbonyl (C=O) groups excluding carboxylic acids is 3. The highest BCUT2D eigenvalue weighted by molar-refractivity contribution is 7.09. The lowest BCUT2D eigenvalue weighted by Crippen LogP contribution is -2.52. The third-order valence-corrected chi connectivity index (χ3v) is 3.52. The van der Waals surface area contributed by atoms with E-state index in [0.717, 1.165) is 10.7 Å². The highest BCUT2D eigenvalue weighted by Crippen LogP contribution is 2.10. The Balaban J connectivity index is 1.87. The molecule has 0 spiro atoms. The standard InChI is InChI=1S/C11H13N3O3S/c1-6-5-18-10(12-6)4-9(16)13-7-2-3-8(15)14-11(7)17/h5,7H,2-4H2,1H3,(H,13,16)(H,14,15,17). The van der Waals surface area contributed by atoms with Crippen LogP contribution in [0.3, 0.4) is 0 Å². The number of carbonyl (C=O) groups is 3. The van der Waals surface area contributed by atoms with Crippen molar-refractivity contribution in [1.82, 2.24) is 15.6 Å². The van der Waals surface area contributed by atoms with Crippen LogP contribution in [0.5, 0.6) is 0 Å². The molecule has 18 heavy (non-hydrogen) atoms. The second-order valence-corrected chi connectivity index (χ2v) is 5.07. The number of imide groups is 1. The summed E-state index contributed by atoms with van der Waals surface area (Å²) in [5.74, 6) is -0.977. The Morgan fingerprint density at radius 3 is 3.00 bits per heavy atom. The van der Waals surface area contributed by atoms with Crippen LogP contribution in [0.1, 0.15) is 23.5 Å². The van der Waals surface area contributed by atoms with Crippen molar-refractivity contribution in [3.63, 3.8) is 0 Å². The maximum Gasteiger partial charge on any atom is 0.249 e. The third kappa shape index (κ3) is 3.13. The van der Waals surface area contributed by atoms with Crippen LogP contribution < -0.4 is 10.6 Å². The van der Waals surface area contributed by atoms with E-state index in [4.69, 9.17) is 0 Å². The van der Waals surface area contributed by atoms with Gasteiger partial charge in [-0.05, 0) is 13.3 Å². The van der Waals surface area contributed by atoms with E-state index in [-0.39, 0.29) is 24.7 Å². The van der Waals surface area contributed by atoms with Crippen molar-refractivity contribution >= 4 is 29.1 Å². The van der Waals surface area contributed by atoms with Crippen LogP contribution in [0.15, 0.2) is 5.38 Å². The molecule has 7 heteroatoms. The van der Waals surface area contributed by atoms with Gasteiger partial charge in [0, 0.05) is 17.5 Å². The Bertz CT molecular complexity index is 497. The van der Waals surface area contributed by atoms with Crippen molar-refractivity contribution in [3.05, 3.63) is 16.1 Å². The van der Waals surface area contributed by atoms with Crippen LogP contribution in [-0.2, 0) is 20.8 Å². The number of nitrogens with one attached hydrogen (secondary N) is 2. The SMILES string of the molecule is Cc1csc(CC(=O)NC2CCC(=O)NC2=O)n1. The second-order valence-electron chi connectivity index (χ2n) is 4.13. The number of thiazole rings is 1. The normalized spacial score (nSPS) is 19.5. The molecule has 1 fully saturated rings. The summed E-state index contributed by atoms with van der Waals surface area (Å²) in [5.41, 5.74) is 0.879. The van der Waals surface area contributed by atoms with Gasteiger partial charge in [0.25, 0.3) is 0 Å². The van der Waals surface area contributed by atoms with E-state index in [1.165, 1.54) is 11.3 Å². The van der Waals surface area contributed by atoms with Crippen molar-refractivity contribution in [3.8, 4) is 0 Å². The Morgan fingerprint density at radius 2 is 2.39 bits per heavy atom. The molecule has 2 rings (SSSR count). The average Bonchev–Trinajstić information content (AvgIpc) is 2.68. The number of amides is 3. The van der Waals surface area contributed by atoms with Crippen LogP contribution in [0.4, 0.5) is 0 Å². The summed E-state index contributed by atoms with van der Waals surface area (Å²) in [7, 11) is 0. The number of rotatable bonds is 3. The first kappa shape index (κ1) is 12.7. The second kappa shape index (κ2) is 5.26. The minimum Gasteiger partial charge on any atom is -0.344 e. The largest absolute Gasteiger partial charge is 0.344 e. The Labute approximate surface area is 108 Å². The molecule has 3 amide bonds. The molecule has 1 aromatic rings. The number of hydrogen-bond acceptors (Lipinski definition) is 5. The molecule has 1 aliphatic heterocycles. The first-order chi connectivity index (χ1) is 8.54. The summed E-state index contributed by atoms with van der Waals surface area (Å²) in [6.07, 6.45) is 0.774. The van der Waals surface area contributed by atoms with Gasteiger partial charge in [-0.1, -0.05) is 0 Å². The van der Waals surface area contributed by atoms with E-state index in [2.05, 4.69) is 15.6 Å². The fourth-order valence-electron chi connectivity index (χ4n) is 1.70. The van der Waals surface area contributed by atoms with Crippen molar-refractivity contribution in [1.29, 1.82) is 0 Å². The fraction of sp³-hybridized carbons (Fsp3) is 0.455. The van der Waals surface area contributed by atoms with E-state index >= 15 is 0 Å². The van der Waals surface area contributed by atoms with E-state index < -0.39 is 11.9 Å². The fourth-order valence-corrected chi connectivity index (χ4v) is 2.47. The molecule has 0 saturated carbocycles. The maximum absolute atomic E-state index is 11.7. The summed E-state index contributed by atoms with van der Waals surface area (Å²) in [4.78, 5) is 38.3. The molecule has 0 aliphatic carbocycles. The summed E-state index contributed by atoms with van der Waals surface area (Å²) >= 11 is 1.41. The molecule has 0 aromatic carbocycles. The molecule has 1 aliphatic rings. The van der Waals surface area contributed by atoms with Gasteiger partial charge in [0.1, 0.15) is 11.0 Å². The number of hydrogen-bond donors (Lipinski definition) is 2. The van der Waals surface area contributed by atoms with Crippen LogP contribution in [0.25, 0.3) is 0 Å². The highest BCUT2D eigenvalue weighted by atomic mass is 32.1. The average molecular weight is 267 g/mol. The van der Waals surface area contributed by atoms with Gasteiger partial charge in [0.2, 0.25) is 17.7 Å². The monoisotopic (exact) mass is 267 g/mol. The van der Waals surface area contributed by atoms with Crippen molar-refractivity contribution in [2.75, 3.05) is 0 Å². The van der Waals surface area contributed by atoms with Gasteiger partial charge in [0.15, 0.2) is 0 Å². The Kier molecular flexibility index (Phi) is 3.71. The molecule has 2 heterocycles. The van der Waals surface area contributed by atoms with Crippen molar-refractivity contribution in [2.24, 2.45) is 0 Å². The minimum absolute atomic E-state index is 0.163. The van der Waals surface area contributed by atoms with Gasteiger partial charge in [-0.2, -0.15) is 0 Å². The van der Waals surface area contributed by atoms with Crippen molar-refractivity contribution < 1.29 is 14.4 Å². The van der Waals surface area contributed by atoms with Crippen LogP contribution >= 0.6 is 11.3 Å². The number of aryl methyl sites for hydroxylation is 1. The summed E-state index contributed by atoms with van der Waals surface area (Å²) in [6, 6.07) is -0.615. The van der Waals surface area contributed by atoms with Crippen LogP contribution in [0, 0.1) is 6.92 Å². The number of aromatic nitrogens is 1. The zero-order valence-electron chi connectivity index (χ0n) is 9.86. The zero-order valence-corrected chi connectivity index (χ0v) is 10.7. The smallest absolute Gasteiger partial charge is 0.249 e. The zero-order chi connectivity index (χ0) is 13.1. The first-order valence-corrected chi connectivity index (χ1v) is 6.46. The van der Waals surface area contributed by atoms with Crippen molar-refractivity contribution in [2.45, 2.75) is 32.2 Å². The number of nitrogens with zero attached hydrogens (tertiary/aromatic N) is 1. The van der Waals surface area contributed by atoms with Gasteiger partial charge in [-0.15, -0.1) is 11.3 Å². The van der Waals surface area contributed by atoms with E-state index in [9.17, 15) is 14.4 Å². The lowest BCUT2D eigenvalue weighted by molar-refractivity contribution is -0.137. The lowest BCUT2D eigenvalue weighted by atomic mass is 10.1. The first-order valence-electron chi connectivity index (χ1n) is 5.58. The predicted octanol–water partition coefficient (Wildman–Crippen LogP) is -0.0846. The quantitative estimate of drug-likeness (QED) is 0.749. The molecular formula is C11H13N3O3S. The molecule has 1 aromatic heterocycles. The molecule has 1 saturated heterocycles. The van der Waals surface area contributed by atoms with Crippen LogP contribution in [0.2, 0.25) is 0 Å².